The van der Waals surface area contributed by atoms with Gasteiger partial charge >= 0.3 is 0 Å². The molecule has 0 bridgehead atoms. The number of anilines is 2. The summed E-state index contributed by atoms with van der Waals surface area (Å²) in [5.41, 5.74) is 2.64. The minimum Gasteiger partial charge on any atom is -0.368 e. The summed E-state index contributed by atoms with van der Waals surface area (Å²) < 4.78 is 0. The zero-order chi connectivity index (χ0) is 18.9. The number of nitrogens with one attached hydrogen (secondary N) is 2. The van der Waals surface area contributed by atoms with Crippen LogP contribution in [-0.4, -0.2) is 22.1 Å². The average Bonchev–Trinajstić information content (AvgIpc) is 2.64. The van der Waals surface area contributed by atoms with Gasteiger partial charge in [0.2, 0.25) is 0 Å². The second-order valence-electron chi connectivity index (χ2n) is 7.37. The van der Waals surface area contributed by atoms with Gasteiger partial charge in [-0.2, -0.15) is 0 Å². The standard InChI is InChI=1S/C22H34N4/c1-6-18-9-8-13-24-22(18)26-20(7-2)11-10-17(5)19-12-14-23-21(15-19)25-16(3)4/h8-9,12-17,20H,6-7,10-11H2,1-5H3,(H,23,25)(H,24,26). The summed E-state index contributed by atoms with van der Waals surface area (Å²) >= 11 is 0. The van der Waals surface area contributed by atoms with Crippen molar-refractivity contribution in [2.45, 2.75) is 78.3 Å². The van der Waals surface area contributed by atoms with Gasteiger partial charge in [0.1, 0.15) is 11.6 Å². The van der Waals surface area contributed by atoms with Gasteiger partial charge in [-0.05, 0) is 74.8 Å². The summed E-state index contributed by atoms with van der Waals surface area (Å²) in [7, 11) is 0. The molecule has 26 heavy (non-hydrogen) atoms. The van der Waals surface area contributed by atoms with Gasteiger partial charge in [-0.25, -0.2) is 9.97 Å². The quantitative estimate of drug-likeness (QED) is 0.580. The summed E-state index contributed by atoms with van der Waals surface area (Å²) in [6, 6.07) is 9.34. The molecule has 4 nitrogen and oxygen atoms in total. The van der Waals surface area contributed by atoms with Crippen molar-refractivity contribution in [3.05, 3.63) is 47.8 Å². The molecule has 0 aromatic carbocycles. The lowest BCUT2D eigenvalue weighted by molar-refractivity contribution is 0.552. The number of pyridine rings is 2. The molecule has 2 atom stereocenters. The van der Waals surface area contributed by atoms with Gasteiger partial charge in [-0.3, -0.25) is 0 Å². The minimum absolute atomic E-state index is 0.396. The third kappa shape index (κ3) is 6.01. The van der Waals surface area contributed by atoms with E-state index in [0.29, 0.717) is 18.0 Å². The van der Waals surface area contributed by atoms with Crippen molar-refractivity contribution < 1.29 is 0 Å². The van der Waals surface area contributed by atoms with Crippen LogP contribution in [0.4, 0.5) is 11.6 Å². The smallest absolute Gasteiger partial charge is 0.129 e. The van der Waals surface area contributed by atoms with E-state index < -0.39 is 0 Å². The van der Waals surface area contributed by atoms with Gasteiger partial charge in [0, 0.05) is 24.5 Å². The van der Waals surface area contributed by atoms with Gasteiger partial charge in [0.05, 0.1) is 0 Å². The Bertz CT molecular complexity index is 669. The molecule has 0 aliphatic rings. The fourth-order valence-corrected chi connectivity index (χ4v) is 3.17. The van der Waals surface area contributed by atoms with Crippen LogP contribution in [0.3, 0.4) is 0 Å². The van der Waals surface area contributed by atoms with Crippen LogP contribution >= 0.6 is 0 Å². The lowest BCUT2D eigenvalue weighted by Crippen LogP contribution is -2.20. The molecule has 0 fully saturated rings. The van der Waals surface area contributed by atoms with E-state index in [1.807, 2.05) is 18.5 Å². The van der Waals surface area contributed by atoms with E-state index in [0.717, 1.165) is 37.3 Å². The van der Waals surface area contributed by atoms with E-state index in [4.69, 9.17) is 0 Å². The van der Waals surface area contributed by atoms with Gasteiger partial charge in [-0.1, -0.05) is 26.8 Å². The Morgan fingerprint density at radius 3 is 2.46 bits per heavy atom. The Morgan fingerprint density at radius 2 is 1.77 bits per heavy atom. The van der Waals surface area contributed by atoms with Crippen LogP contribution in [0, 0.1) is 0 Å². The van der Waals surface area contributed by atoms with Crippen molar-refractivity contribution in [1.82, 2.24) is 9.97 Å². The van der Waals surface area contributed by atoms with Crippen LogP contribution in [0.5, 0.6) is 0 Å². The Balaban J connectivity index is 1.95. The van der Waals surface area contributed by atoms with Crippen molar-refractivity contribution in [2.75, 3.05) is 10.6 Å². The van der Waals surface area contributed by atoms with Crippen molar-refractivity contribution in [1.29, 1.82) is 0 Å². The maximum atomic E-state index is 4.53. The zero-order valence-electron chi connectivity index (χ0n) is 16.9. The van der Waals surface area contributed by atoms with Crippen LogP contribution in [0.1, 0.15) is 70.9 Å². The summed E-state index contributed by atoms with van der Waals surface area (Å²) in [4.78, 5) is 8.95. The molecular formula is C22H34N4. The molecule has 0 radical (unpaired) electrons. The number of rotatable bonds is 10. The maximum Gasteiger partial charge on any atom is 0.129 e. The molecule has 2 unspecified atom stereocenters. The van der Waals surface area contributed by atoms with Gasteiger partial charge in [0.15, 0.2) is 0 Å². The molecule has 4 heteroatoms. The monoisotopic (exact) mass is 354 g/mol. The summed E-state index contributed by atoms with van der Waals surface area (Å²) in [6.07, 6.45) is 8.16. The normalized spacial score (nSPS) is 13.5. The molecule has 2 aromatic rings. The first kappa shape index (κ1) is 20.2. The molecule has 2 N–H and O–H groups in total. The number of aryl methyl sites for hydroxylation is 1. The van der Waals surface area contributed by atoms with E-state index in [9.17, 15) is 0 Å². The highest BCUT2D eigenvalue weighted by molar-refractivity contribution is 5.44. The fourth-order valence-electron chi connectivity index (χ4n) is 3.17. The fraction of sp³-hybridized carbons (Fsp3) is 0.545. The van der Waals surface area contributed by atoms with Crippen molar-refractivity contribution >= 4 is 11.6 Å². The van der Waals surface area contributed by atoms with Crippen LogP contribution < -0.4 is 10.6 Å². The first-order chi connectivity index (χ1) is 12.5. The Hall–Kier alpha value is -2.10. The topological polar surface area (TPSA) is 49.8 Å². The largest absolute Gasteiger partial charge is 0.368 e. The second kappa shape index (κ2) is 10.1. The Morgan fingerprint density at radius 1 is 0.962 bits per heavy atom. The number of hydrogen-bond donors (Lipinski definition) is 2. The summed E-state index contributed by atoms with van der Waals surface area (Å²) in [6.45, 7) is 11.0. The first-order valence-electron chi connectivity index (χ1n) is 9.96. The Labute approximate surface area is 158 Å². The molecule has 2 heterocycles. The van der Waals surface area contributed by atoms with Crippen LogP contribution in [-0.2, 0) is 6.42 Å². The molecule has 2 rings (SSSR count). The third-order valence-electron chi connectivity index (χ3n) is 4.84. The lowest BCUT2D eigenvalue weighted by Gasteiger charge is -2.21. The van der Waals surface area contributed by atoms with Crippen molar-refractivity contribution in [3.63, 3.8) is 0 Å². The van der Waals surface area contributed by atoms with Gasteiger partial charge < -0.3 is 10.6 Å². The van der Waals surface area contributed by atoms with E-state index in [-0.39, 0.29) is 0 Å². The number of aromatic nitrogens is 2. The van der Waals surface area contributed by atoms with Crippen LogP contribution in [0.15, 0.2) is 36.7 Å². The molecule has 0 aliphatic heterocycles. The zero-order valence-corrected chi connectivity index (χ0v) is 16.9. The van der Waals surface area contributed by atoms with E-state index in [1.54, 1.807) is 0 Å². The van der Waals surface area contributed by atoms with Crippen molar-refractivity contribution in [3.8, 4) is 0 Å². The van der Waals surface area contributed by atoms with E-state index in [2.05, 4.69) is 73.4 Å². The third-order valence-corrected chi connectivity index (χ3v) is 4.84. The average molecular weight is 355 g/mol. The van der Waals surface area contributed by atoms with Gasteiger partial charge in [0.25, 0.3) is 0 Å². The van der Waals surface area contributed by atoms with Crippen LogP contribution in [0.25, 0.3) is 0 Å². The Kier molecular flexibility index (Phi) is 7.89. The first-order valence-corrected chi connectivity index (χ1v) is 9.96. The molecule has 0 saturated heterocycles. The maximum absolute atomic E-state index is 4.53. The van der Waals surface area contributed by atoms with E-state index >= 15 is 0 Å². The summed E-state index contributed by atoms with van der Waals surface area (Å²) in [5, 5.41) is 7.05. The highest BCUT2D eigenvalue weighted by atomic mass is 15.0. The van der Waals surface area contributed by atoms with Crippen LogP contribution in [0.2, 0.25) is 0 Å². The predicted octanol–water partition coefficient (Wildman–Crippen LogP) is 5.63. The summed E-state index contributed by atoms with van der Waals surface area (Å²) in [5.74, 6) is 2.52. The molecule has 142 valence electrons. The minimum atomic E-state index is 0.396. The predicted molar refractivity (Wildman–Crippen MR) is 112 cm³/mol. The molecule has 2 aromatic heterocycles. The molecular weight excluding hydrogens is 320 g/mol. The number of hydrogen-bond acceptors (Lipinski definition) is 4. The van der Waals surface area contributed by atoms with Crippen molar-refractivity contribution in [2.24, 2.45) is 0 Å². The highest BCUT2D eigenvalue weighted by Crippen LogP contribution is 2.25. The molecule has 0 aliphatic carbocycles. The van der Waals surface area contributed by atoms with E-state index in [1.165, 1.54) is 11.1 Å². The SMILES string of the molecule is CCc1cccnc1NC(CC)CCC(C)c1ccnc(NC(C)C)c1. The number of nitrogens with zero attached hydrogens (tertiary/aromatic N) is 2. The van der Waals surface area contributed by atoms with Gasteiger partial charge in [-0.15, -0.1) is 0 Å². The molecule has 0 spiro atoms. The lowest BCUT2D eigenvalue weighted by atomic mass is 9.94. The highest BCUT2D eigenvalue weighted by Gasteiger charge is 2.13. The second-order valence-corrected chi connectivity index (χ2v) is 7.37. The molecule has 0 amide bonds. The molecule has 0 saturated carbocycles.